The van der Waals surface area contributed by atoms with Crippen LogP contribution < -0.4 is 4.90 Å². The molecule has 8 heteroatoms. The fraction of sp³-hybridized carbons (Fsp3) is 0.500. The maximum atomic E-state index is 12.2. The molecule has 0 spiro atoms. The van der Waals surface area contributed by atoms with Gasteiger partial charge in [-0.3, -0.25) is 4.79 Å². The van der Waals surface area contributed by atoms with E-state index < -0.39 is 12.7 Å². The predicted molar refractivity (Wildman–Crippen MR) is 56.5 cm³/mol. The summed E-state index contributed by atoms with van der Waals surface area (Å²) < 4.78 is 36.6. The van der Waals surface area contributed by atoms with Crippen molar-refractivity contribution in [2.75, 3.05) is 18.0 Å². The maximum absolute atomic E-state index is 12.2. The van der Waals surface area contributed by atoms with Crippen LogP contribution in [0.1, 0.15) is 16.6 Å². The fourth-order valence-electron chi connectivity index (χ4n) is 1.04. The second-order valence-electron chi connectivity index (χ2n) is 2.90. The number of carbonyl (C=O) groups excluding carboxylic acids is 1. The molecule has 3 nitrogen and oxygen atoms in total. The smallest absolute Gasteiger partial charge is 0.339 e. The normalized spacial score (nSPS) is 11.6. The Morgan fingerprint density at radius 1 is 1.56 bits per heavy atom. The van der Waals surface area contributed by atoms with E-state index in [-0.39, 0.29) is 21.7 Å². The molecular formula is C8H8ClF3N2OS. The quantitative estimate of drug-likeness (QED) is 0.790. The molecule has 0 amide bonds. The third-order valence-corrected chi connectivity index (χ3v) is 3.17. The molecule has 0 aliphatic rings. The van der Waals surface area contributed by atoms with Gasteiger partial charge in [-0.25, -0.2) is 4.98 Å². The van der Waals surface area contributed by atoms with Crippen LogP contribution in [0.2, 0.25) is 5.15 Å². The number of anilines is 1. The topological polar surface area (TPSA) is 33.2 Å². The monoisotopic (exact) mass is 272 g/mol. The van der Waals surface area contributed by atoms with E-state index in [2.05, 4.69) is 4.98 Å². The van der Waals surface area contributed by atoms with Crippen LogP contribution in [0.25, 0.3) is 0 Å². The fourth-order valence-corrected chi connectivity index (χ4v) is 2.17. The van der Waals surface area contributed by atoms with Gasteiger partial charge >= 0.3 is 6.18 Å². The summed E-state index contributed by atoms with van der Waals surface area (Å²) >= 11 is 6.43. The summed E-state index contributed by atoms with van der Waals surface area (Å²) in [5.41, 5.74) is 0. The molecule has 0 saturated carbocycles. The lowest BCUT2D eigenvalue weighted by atomic mass is 10.5. The maximum Gasteiger partial charge on any atom is 0.406 e. The van der Waals surface area contributed by atoms with E-state index in [9.17, 15) is 18.0 Å². The first kappa shape index (κ1) is 13.2. The SMILES string of the molecule is CCN(CC(F)(F)F)c1nc(Cl)c(C=O)s1. The van der Waals surface area contributed by atoms with Crippen LogP contribution in [0.5, 0.6) is 0 Å². The van der Waals surface area contributed by atoms with E-state index in [4.69, 9.17) is 11.6 Å². The van der Waals surface area contributed by atoms with Crippen LogP contribution in [0.3, 0.4) is 0 Å². The zero-order chi connectivity index (χ0) is 12.3. The summed E-state index contributed by atoms with van der Waals surface area (Å²) in [7, 11) is 0. The molecule has 0 radical (unpaired) electrons. The molecule has 1 aromatic heterocycles. The largest absolute Gasteiger partial charge is 0.406 e. The van der Waals surface area contributed by atoms with Crippen molar-refractivity contribution in [2.24, 2.45) is 0 Å². The number of aromatic nitrogens is 1. The molecule has 0 unspecified atom stereocenters. The van der Waals surface area contributed by atoms with Crippen molar-refractivity contribution in [3.63, 3.8) is 0 Å². The Morgan fingerprint density at radius 2 is 2.19 bits per heavy atom. The standard InChI is InChI=1S/C8H8ClF3N2OS/c1-2-14(4-8(10,11)12)7-13-6(9)5(3-15)16-7/h3H,2,4H2,1H3. The Labute approximate surface area is 98.8 Å². The van der Waals surface area contributed by atoms with E-state index in [0.717, 1.165) is 16.2 Å². The molecule has 0 aliphatic heterocycles. The second-order valence-corrected chi connectivity index (χ2v) is 4.27. The van der Waals surface area contributed by atoms with Crippen molar-refractivity contribution < 1.29 is 18.0 Å². The molecule has 0 aromatic carbocycles. The van der Waals surface area contributed by atoms with E-state index in [1.165, 1.54) is 0 Å². The molecule has 0 aliphatic carbocycles. The number of alkyl halides is 3. The molecule has 1 aromatic rings. The summed E-state index contributed by atoms with van der Waals surface area (Å²) in [4.78, 5) is 15.4. The molecular weight excluding hydrogens is 265 g/mol. The van der Waals surface area contributed by atoms with Gasteiger partial charge in [0.25, 0.3) is 0 Å². The van der Waals surface area contributed by atoms with Gasteiger partial charge in [-0.2, -0.15) is 13.2 Å². The van der Waals surface area contributed by atoms with Gasteiger partial charge in [-0.1, -0.05) is 22.9 Å². The average molecular weight is 273 g/mol. The zero-order valence-electron chi connectivity index (χ0n) is 8.21. The Hall–Kier alpha value is -0.820. The van der Waals surface area contributed by atoms with Crippen molar-refractivity contribution in [1.29, 1.82) is 0 Å². The summed E-state index contributed by atoms with van der Waals surface area (Å²) in [6.45, 7) is 0.606. The van der Waals surface area contributed by atoms with Gasteiger partial charge in [0.15, 0.2) is 16.6 Å². The minimum Gasteiger partial charge on any atom is -0.339 e. The number of hydrogen-bond donors (Lipinski definition) is 0. The van der Waals surface area contributed by atoms with Crippen LogP contribution >= 0.6 is 22.9 Å². The molecule has 0 saturated heterocycles. The highest BCUT2D eigenvalue weighted by atomic mass is 35.5. The van der Waals surface area contributed by atoms with E-state index in [1.54, 1.807) is 6.92 Å². The predicted octanol–water partition coefficient (Wildman–Crippen LogP) is 3.00. The van der Waals surface area contributed by atoms with Gasteiger partial charge in [0.1, 0.15) is 11.4 Å². The van der Waals surface area contributed by atoms with E-state index >= 15 is 0 Å². The number of aldehydes is 1. The lowest BCUT2D eigenvalue weighted by Gasteiger charge is -2.20. The van der Waals surface area contributed by atoms with Gasteiger partial charge < -0.3 is 4.90 Å². The number of rotatable bonds is 4. The van der Waals surface area contributed by atoms with Crippen molar-refractivity contribution in [2.45, 2.75) is 13.1 Å². The minimum atomic E-state index is -4.31. The number of carbonyl (C=O) groups is 1. The number of halogens is 4. The molecule has 16 heavy (non-hydrogen) atoms. The van der Waals surface area contributed by atoms with E-state index in [1.807, 2.05) is 0 Å². The van der Waals surface area contributed by atoms with Crippen LogP contribution in [-0.4, -0.2) is 30.5 Å². The molecule has 1 heterocycles. The Bertz CT molecular complexity index is 380. The van der Waals surface area contributed by atoms with Crippen LogP contribution in [0.4, 0.5) is 18.3 Å². The first-order chi connectivity index (χ1) is 7.37. The van der Waals surface area contributed by atoms with Crippen molar-refractivity contribution in [3.05, 3.63) is 10.0 Å². The van der Waals surface area contributed by atoms with Crippen LogP contribution in [0.15, 0.2) is 0 Å². The lowest BCUT2D eigenvalue weighted by Crippen LogP contribution is -2.33. The highest BCUT2D eigenvalue weighted by Crippen LogP contribution is 2.30. The first-order valence-electron chi connectivity index (χ1n) is 4.30. The number of nitrogens with zero attached hydrogens (tertiary/aromatic N) is 2. The van der Waals surface area contributed by atoms with Gasteiger partial charge in [0, 0.05) is 6.54 Å². The van der Waals surface area contributed by atoms with E-state index in [0.29, 0.717) is 6.29 Å². The molecule has 1 rings (SSSR count). The Morgan fingerprint density at radius 3 is 2.56 bits per heavy atom. The van der Waals surface area contributed by atoms with Gasteiger partial charge in [-0.15, -0.1) is 0 Å². The highest BCUT2D eigenvalue weighted by molar-refractivity contribution is 7.17. The third kappa shape index (κ3) is 3.34. The number of hydrogen-bond acceptors (Lipinski definition) is 4. The average Bonchev–Trinajstić information content (AvgIpc) is 2.54. The first-order valence-corrected chi connectivity index (χ1v) is 5.50. The van der Waals surface area contributed by atoms with Crippen LogP contribution in [-0.2, 0) is 0 Å². The van der Waals surface area contributed by atoms with Gasteiger partial charge in [-0.05, 0) is 6.92 Å². The minimum absolute atomic E-state index is 0.0596. The summed E-state index contributed by atoms with van der Waals surface area (Å²) in [5, 5.41) is 0.0440. The summed E-state index contributed by atoms with van der Waals surface area (Å²) in [6, 6.07) is 0. The van der Waals surface area contributed by atoms with Crippen molar-refractivity contribution in [3.8, 4) is 0 Å². The zero-order valence-corrected chi connectivity index (χ0v) is 9.79. The molecule has 0 atom stereocenters. The second kappa shape index (κ2) is 5.01. The van der Waals surface area contributed by atoms with Crippen molar-refractivity contribution in [1.82, 2.24) is 4.98 Å². The van der Waals surface area contributed by atoms with Crippen molar-refractivity contribution >= 4 is 34.4 Å². The van der Waals surface area contributed by atoms with Crippen LogP contribution in [0, 0.1) is 0 Å². The highest BCUT2D eigenvalue weighted by Gasteiger charge is 2.31. The lowest BCUT2D eigenvalue weighted by molar-refractivity contribution is -0.119. The molecule has 0 bridgehead atoms. The number of thiazole rings is 1. The summed E-state index contributed by atoms with van der Waals surface area (Å²) in [5.74, 6) is 0. The molecule has 0 fully saturated rings. The van der Waals surface area contributed by atoms with Gasteiger partial charge in [0.05, 0.1) is 0 Å². The van der Waals surface area contributed by atoms with Gasteiger partial charge in [0.2, 0.25) is 0 Å². The molecule has 0 N–H and O–H groups in total. The molecule has 90 valence electrons. The Balaban J connectivity index is 2.91. The Kier molecular flexibility index (Phi) is 4.15. The third-order valence-electron chi connectivity index (χ3n) is 1.73. The summed E-state index contributed by atoms with van der Waals surface area (Å²) in [6.07, 6.45) is -3.83.